The Labute approximate surface area is 128 Å². The molecule has 0 saturated carbocycles. The van der Waals surface area contributed by atoms with Gasteiger partial charge in [0.05, 0.1) is 16.4 Å². The van der Waals surface area contributed by atoms with E-state index in [4.69, 9.17) is 0 Å². The molecule has 0 fully saturated rings. The number of rotatable bonds is 6. The standard InChI is InChI=1S/C14H15N3O4S/c1-2-16(13-7-9-15-10-8-13)22(20,21)11-12-3-5-14(6-4-12)17(18)19/h3-10H,2,11H2,1H3. The fourth-order valence-electron chi connectivity index (χ4n) is 2.05. The molecule has 8 heteroatoms. The first kappa shape index (κ1) is 15.9. The molecule has 22 heavy (non-hydrogen) atoms. The molecule has 0 aliphatic rings. The zero-order valence-electron chi connectivity index (χ0n) is 11.9. The lowest BCUT2D eigenvalue weighted by molar-refractivity contribution is -0.384. The molecule has 2 rings (SSSR count). The molecule has 1 aromatic carbocycles. The van der Waals surface area contributed by atoms with Gasteiger partial charge in [-0.05, 0) is 24.6 Å². The van der Waals surface area contributed by atoms with E-state index in [1.54, 1.807) is 19.1 Å². The second-order valence-electron chi connectivity index (χ2n) is 4.55. The van der Waals surface area contributed by atoms with Crippen molar-refractivity contribution >= 4 is 21.4 Å². The van der Waals surface area contributed by atoms with Crippen molar-refractivity contribution in [1.29, 1.82) is 0 Å². The summed E-state index contributed by atoms with van der Waals surface area (Å²) in [5.74, 6) is -0.221. The van der Waals surface area contributed by atoms with Crippen LogP contribution in [0.1, 0.15) is 12.5 Å². The van der Waals surface area contributed by atoms with Crippen LogP contribution in [-0.2, 0) is 15.8 Å². The Balaban J connectivity index is 2.24. The fourth-order valence-corrected chi connectivity index (χ4v) is 3.66. The van der Waals surface area contributed by atoms with Crippen molar-refractivity contribution in [3.8, 4) is 0 Å². The van der Waals surface area contributed by atoms with E-state index in [9.17, 15) is 18.5 Å². The van der Waals surface area contributed by atoms with Crippen LogP contribution in [0.2, 0.25) is 0 Å². The van der Waals surface area contributed by atoms with Gasteiger partial charge in [-0.25, -0.2) is 8.42 Å². The van der Waals surface area contributed by atoms with Gasteiger partial charge in [0, 0.05) is 31.1 Å². The first-order valence-corrected chi connectivity index (χ1v) is 8.18. The third-order valence-electron chi connectivity index (χ3n) is 3.07. The minimum absolute atomic E-state index is 0.0670. The number of non-ortho nitro benzene ring substituents is 1. The average Bonchev–Trinajstić information content (AvgIpc) is 2.49. The number of pyridine rings is 1. The Morgan fingerprint density at radius 1 is 1.14 bits per heavy atom. The monoisotopic (exact) mass is 321 g/mol. The van der Waals surface area contributed by atoms with E-state index < -0.39 is 14.9 Å². The van der Waals surface area contributed by atoms with Gasteiger partial charge in [-0.3, -0.25) is 19.4 Å². The number of nitro groups is 1. The third kappa shape index (κ3) is 3.59. The third-order valence-corrected chi connectivity index (χ3v) is 4.91. The van der Waals surface area contributed by atoms with Crippen molar-refractivity contribution in [2.75, 3.05) is 10.8 Å². The molecular weight excluding hydrogens is 306 g/mol. The summed E-state index contributed by atoms with van der Waals surface area (Å²) < 4.78 is 26.3. The molecule has 0 atom stereocenters. The van der Waals surface area contributed by atoms with Crippen molar-refractivity contribution in [2.45, 2.75) is 12.7 Å². The number of benzene rings is 1. The summed E-state index contributed by atoms with van der Waals surface area (Å²) in [6.07, 6.45) is 3.05. The number of nitrogens with zero attached hydrogens (tertiary/aromatic N) is 3. The quantitative estimate of drug-likeness (QED) is 0.601. The SMILES string of the molecule is CCN(c1ccncc1)S(=O)(=O)Cc1ccc([N+](=O)[O-])cc1. The van der Waals surface area contributed by atoms with Crippen LogP contribution < -0.4 is 4.31 Å². The molecule has 0 aliphatic heterocycles. The van der Waals surface area contributed by atoms with Gasteiger partial charge in [0.25, 0.3) is 5.69 Å². The highest BCUT2D eigenvalue weighted by atomic mass is 32.2. The van der Waals surface area contributed by atoms with Gasteiger partial charge >= 0.3 is 0 Å². The van der Waals surface area contributed by atoms with E-state index in [1.807, 2.05) is 0 Å². The van der Waals surface area contributed by atoms with Crippen LogP contribution in [0.5, 0.6) is 0 Å². The maximum atomic E-state index is 12.5. The summed E-state index contributed by atoms with van der Waals surface area (Å²) in [5.41, 5.74) is 0.972. The Morgan fingerprint density at radius 2 is 1.73 bits per heavy atom. The van der Waals surface area contributed by atoms with E-state index in [0.717, 1.165) is 0 Å². The Morgan fingerprint density at radius 3 is 2.23 bits per heavy atom. The van der Waals surface area contributed by atoms with Crippen LogP contribution >= 0.6 is 0 Å². The second-order valence-corrected chi connectivity index (χ2v) is 6.44. The molecule has 0 aliphatic carbocycles. The van der Waals surface area contributed by atoms with Gasteiger partial charge < -0.3 is 0 Å². The van der Waals surface area contributed by atoms with Gasteiger partial charge in [0.2, 0.25) is 10.0 Å². The van der Waals surface area contributed by atoms with Crippen LogP contribution in [-0.4, -0.2) is 24.9 Å². The molecule has 0 radical (unpaired) electrons. The Hall–Kier alpha value is -2.48. The number of aromatic nitrogens is 1. The summed E-state index contributed by atoms with van der Waals surface area (Å²) in [6, 6.07) is 8.75. The molecule has 0 saturated heterocycles. The van der Waals surface area contributed by atoms with Crippen molar-refractivity contribution in [3.05, 3.63) is 64.5 Å². The summed E-state index contributed by atoms with van der Waals surface area (Å²) in [4.78, 5) is 14.0. The highest BCUT2D eigenvalue weighted by Crippen LogP contribution is 2.20. The van der Waals surface area contributed by atoms with Gasteiger partial charge in [0.15, 0.2) is 0 Å². The van der Waals surface area contributed by atoms with Gasteiger partial charge in [-0.15, -0.1) is 0 Å². The summed E-state index contributed by atoms with van der Waals surface area (Å²) in [7, 11) is -3.58. The second kappa shape index (κ2) is 6.52. The molecule has 2 aromatic rings. The maximum Gasteiger partial charge on any atom is 0.269 e. The number of hydrogen-bond donors (Lipinski definition) is 0. The van der Waals surface area contributed by atoms with Crippen LogP contribution in [0.4, 0.5) is 11.4 Å². The van der Waals surface area contributed by atoms with Crippen molar-refractivity contribution in [1.82, 2.24) is 4.98 Å². The predicted molar refractivity (Wildman–Crippen MR) is 83.0 cm³/mol. The average molecular weight is 321 g/mol. The maximum absolute atomic E-state index is 12.5. The first-order valence-electron chi connectivity index (χ1n) is 6.58. The van der Waals surface area contributed by atoms with Gasteiger partial charge in [-0.1, -0.05) is 12.1 Å². The van der Waals surface area contributed by atoms with E-state index >= 15 is 0 Å². The van der Waals surface area contributed by atoms with E-state index in [1.165, 1.54) is 41.0 Å². The number of nitro benzene ring substituents is 1. The van der Waals surface area contributed by atoms with Crippen LogP contribution in [0, 0.1) is 10.1 Å². The van der Waals surface area contributed by atoms with Crippen molar-refractivity contribution < 1.29 is 13.3 Å². The normalized spacial score (nSPS) is 11.1. The van der Waals surface area contributed by atoms with E-state index in [-0.39, 0.29) is 11.4 Å². The number of anilines is 1. The Kier molecular flexibility index (Phi) is 4.71. The van der Waals surface area contributed by atoms with Crippen LogP contribution in [0.3, 0.4) is 0 Å². The summed E-state index contributed by atoms with van der Waals surface area (Å²) >= 11 is 0. The topological polar surface area (TPSA) is 93.4 Å². The zero-order valence-corrected chi connectivity index (χ0v) is 12.7. The predicted octanol–water partition coefficient (Wildman–Crippen LogP) is 2.35. The lowest BCUT2D eigenvalue weighted by atomic mass is 10.2. The molecule has 0 spiro atoms. The highest BCUT2D eigenvalue weighted by Gasteiger charge is 2.21. The molecule has 1 heterocycles. The molecule has 0 bridgehead atoms. The lowest BCUT2D eigenvalue weighted by Gasteiger charge is -2.22. The Bertz CT molecular complexity index is 745. The zero-order chi connectivity index (χ0) is 16.2. The molecule has 0 amide bonds. The van der Waals surface area contributed by atoms with Gasteiger partial charge in [0.1, 0.15) is 0 Å². The molecule has 0 unspecified atom stereocenters. The van der Waals surface area contributed by atoms with E-state index in [2.05, 4.69) is 4.98 Å². The first-order chi connectivity index (χ1) is 10.4. The van der Waals surface area contributed by atoms with Gasteiger partial charge in [-0.2, -0.15) is 0 Å². The molecule has 1 aromatic heterocycles. The highest BCUT2D eigenvalue weighted by molar-refractivity contribution is 7.92. The molecule has 7 nitrogen and oxygen atoms in total. The number of hydrogen-bond acceptors (Lipinski definition) is 5. The largest absolute Gasteiger partial charge is 0.270 e. The summed E-state index contributed by atoms with van der Waals surface area (Å²) in [5, 5.41) is 10.6. The minimum Gasteiger partial charge on any atom is -0.270 e. The fraction of sp³-hybridized carbons (Fsp3) is 0.214. The minimum atomic E-state index is -3.58. The molecule has 116 valence electrons. The van der Waals surface area contributed by atoms with E-state index in [0.29, 0.717) is 17.8 Å². The van der Waals surface area contributed by atoms with Crippen LogP contribution in [0.15, 0.2) is 48.8 Å². The molecular formula is C14H15N3O4S. The summed E-state index contributed by atoms with van der Waals surface area (Å²) in [6.45, 7) is 2.03. The smallest absolute Gasteiger partial charge is 0.269 e. The number of sulfonamides is 1. The lowest BCUT2D eigenvalue weighted by Crippen LogP contribution is -2.31. The van der Waals surface area contributed by atoms with Crippen LogP contribution in [0.25, 0.3) is 0 Å². The van der Waals surface area contributed by atoms with Crippen molar-refractivity contribution in [3.63, 3.8) is 0 Å². The van der Waals surface area contributed by atoms with Crippen molar-refractivity contribution in [2.24, 2.45) is 0 Å². The molecule has 0 N–H and O–H groups in total.